The van der Waals surface area contributed by atoms with Crippen molar-refractivity contribution in [1.29, 1.82) is 0 Å². The van der Waals surface area contributed by atoms with Gasteiger partial charge in [0, 0.05) is 25.4 Å². The number of hydrogen-bond donors (Lipinski definition) is 2. The molecule has 8 heteroatoms. The molecule has 0 spiro atoms. The number of nitrogens with zero attached hydrogens (tertiary/aromatic N) is 3. The lowest BCUT2D eigenvalue weighted by Gasteiger charge is -2.24. The van der Waals surface area contributed by atoms with E-state index >= 15 is 0 Å². The van der Waals surface area contributed by atoms with Crippen molar-refractivity contribution in [3.63, 3.8) is 0 Å². The summed E-state index contributed by atoms with van der Waals surface area (Å²) < 4.78 is 5.36. The highest BCUT2D eigenvalue weighted by Crippen LogP contribution is 2.09. The Balaban J connectivity index is 1.49. The minimum Gasteiger partial charge on any atom is -0.467 e. The van der Waals surface area contributed by atoms with E-state index in [9.17, 15) is 9.59 Å². The second kappa shape index (κ2) is 10.6. The summed E-state index contributed by atoms with van der Waals surface area (Å²) in [5.41, 5.74) is 0.253. The second-order valence-corrected chi connectivity index (χ2v) is 7.06. The van der Waals surface area contributed by atoms with Crippen LogP contribution >= 0.6 is 0 Å². The van der Waals surface area contributed by atoms with E-state index < -0.39 is 0 Å². The molecule has 0 radical (unpaired) electrons. The Kier molecular flexibility index (Phi) is 7.54. The van der Waals surface area contributed by atoms with E-state index in [-0.39, 0.29) is 30.5 Å². The third kappa shape index (κ3) is 6.16. The first kappa shape index (κ1) is 20.0. The van der Waals surface area contributed by atoms with Gasteiger partial charge in [-0.15, -0.1) is 0 Å². The number of carbonyl (C=O) groups is 2. The molecule has 1 aliphatic rings. The van der Waals surface area contributed by atoms with Crippen molar-refractivity contribution < 1.29 is 18.9 Å². The molecule has 0 aliphatic carbocycles. The van der Waals surface area contributed by atoms with Crippen LogP contribution in [-0.4, -0.2) is 59.4 Å². The molecule has 150 valence electrons. The molecule has 0 bridgehead atoms. The highest BCUT2D eigenvalue weighted by molar-refractivity contribution is 5.92. The van der Waals surface area contributed by atoms with Crippen LogP contribution in [0.1, 0.15) is 41.9 Å². The second-order valence-electron chi connectivity index (χ2n) is 7.06. The zero-order valence-corrected chi connectivity index (χ0v) is 16.1. The van der Waals surface area contributed by atoms with Crippen LogP contribution in [0.15, 0.2) is 41.4 Å². The SMILES string of the molecule is O=C(CCN(Cc1ccco1)C(=O)c1cnccn1)NCC[NH+]1CCCCC1. The average molecular weight is 386 g/mol. The van der Waals surface area contributed by atoms with E-state index in [0.29, 0.717) is 18.8 Å². The van der Waals surface area contributed by atoms with Gasteiger partial charge in [0.25, 0.3) is 5.91 Å². The van der Waals surface area contributed by atoms with Crippen LogP contribution in [0.25, 0.3) is 0 Å². The van der Waals surface area contributed by atoms with Crippen LogP contribution in [0.3, 0.4) is 0 Å². The van der Waals surface area contributed by atoms with E-state index in [4.69, 9.17) is 4.42 Å². The van der Waals surface area contributed by atoms with Gasteiger partial charge in [0.1, 0.15) is 11.5 Å². The summed E-state index contributed by atoms with van der Waals surface area (Å²) in [6.45, 7) is 4.59. The first-order valence-corrected chi connectivity index (χ1v) is 9.90. The number of rotatable bonds is 9. The zero-order valence-electron chi connectivity index (χ0n) is 16.1. The molecule has 3 rings (SSSR count). The summed E-state index contributed by atoms with van der Waals surface area (Å²) in [4.78, 5) is 36.1. The van der Waals surface area contributed by atoms with Gasteiger partial charge in [0.2, 0.25) is 5.91 Å². The normalized spacial score (nSPS) is 14.6. The van der Waals surface area contributed by atoms with Crippen molar-refractivity contribution in [1.82, 2.24) is 20.2 Å². The summed E-state index contributed by atoms with van der Waals surface area (Å²) >= 11 is 0. The molecule has 2 aromatic rings. The number of piperidine rings is 1. The van der Waals surface area contributed by atoms with Crippen molar-refractivity contribution in [2.24, 2.45) is 0 Å². The Labute approximate surface area is 164 Å². The van der Waals surface area contributed by atoms with Gasteiger partial charge in [-0.2, -0.15) is 0 Å². The van der Waals surface area contributed by atoms with E-state index in [0.717, 1.165) is 6.54 Å². The van der Waals surface area contributed by atoms with E-state index in [2.05, 4.69) is 15.3 Å². The predicted octanol–water partition coefficient (Wildman–Crippen LogP) is 0.287. The Bertz CT molecular complexity index is 730. The fourth-order valence-corrected chi connectivity index (χ4v) is 3.42. The highest BCUT2D eigenvalue weighted by atomic mass is 16.3. The van der Waals surface area contributed by atoms with Crippen molar-refractivity contribution in [3.8, 4) is 0 Å². The number of amides is 2. The van der Waals surface area contributed by atoms with E-state index in [1.807, 2.05) is 0 Å². The quantitative estimate of drug-likeness (QED) is 0.646. The molecular formula is C20H28N5O3+. The molecule has 2 aromatic heterocycles. The minimum absolute atomic E-state index is 0.0483. The van der Waals surface area contributed by atoms with Crippen LogP contribution in [0.2, 0.25) is 0 Å². The summed E-state index contributed by atoms with van der Waals surface area (Å²) in [6.07, 6.45) is 10.1. The summed E-state index contributed by atoms with van der Waals surface area (Å²) in [7, 11) is 0. The van der Waals surface area contributed by atoms with Gasteiger partial charge >= 0.3 is 0 Å². The lowest BCUT2D eigenvalue weighted by atomic mass is 10.1. The number of furan rings is 1. The smallest absolute Gasteiger partial charge is 0.274 e. The monoisotopic (exact) mass is 386 g/mol. The lowest BCUT2D eigenvalue weighted by molar-refractivity contribution is -0.903. The Hall–Kier alpha value is -2.74. The van der Waals surface area contributed by atoms with Crippen molar-refractivity contribution in [2.75, 3.05) is 32.7 Å². The average Bonchev–Trinajstić information content (AvgIpc) is 3.25. The molecule has 0 aromatic carbocycles. The van der Waals surface area contributed by atoms with E-state index in [1.54, 1.807) is 28.2 Å². The number of aromatic nitrogens is 2. The number of nitrogens with one attached hydrogen (secondary N) is 2. The molecule has 0 saturated carbocycles. The Morgan fingerprint density at radius 1 is 1.21 bits per heavy atom. The van der Waals surface area contributed by atoms with Crippen LogP contribution in [0.5, 0.6) is 0 Å². The van der Waals surface area contributed by atoms with Gasteiger partial charge in [-0.25, -0.2) is 4.98 Å². The molecule has 1 saturated heterocycles. The van der Waals surface area contributed by atoms with Gasteiger partial charge in [-0.3, -0.25) is 14.6 Å². The van der Waals surface area contributed by atoms with Crippen LogP contribution in [0, 0.1) is 0 Å². The van der Waals surface area contributed by atoms with Crippen molar-refractivity contribution >= 4 is 11.8 Å². The van der Waals surface area contributed by atoms with Crippen molar-refractivity contribution in [3.05, 3.63) is 48.4 Å². The molecule has 0 atom stereocenters. The molecule has 1 aliphatic heterocycles. The van der Waals surface area contributed by atoms with Gasteiger partial charge in [-0.05, 0) is 31.4 Å². The molecular weight excluding hydrogens is 358 g/mol. The predicted molar refractivity (Wildman–Crippen MR) is 103 cm³/mol. The number of quaternary nitrogens is 1. The Morgan fingerprint density at radius 3 is 2.79 bits per heavy atom. The van der Waals surface area contributed by atoms with Gasteiger partial charge in [0.15, 0.2) is 0 Å². The third-order valence-corrected chi connectivity index (χ3v) is 4.97. The lowest BCUT2D eigenvalue weighted by Crippen LogP contribution is -3.13. The molecule has 28 heavy (non-hydrogen) atoms. The van der Waals surface area contributed by atoms with Crippen LogP contribution in [0.4, 0.5) is 0 Å². The van der Waals surface area contributed by atoms with Gasteiger partial charge < -0.3 is 19.5 Å². The van der Waals surface area contributed by atoms with Crippen LogP contribution in [-0.2, 0) is 11.3 Å². The maximum absolute atomic E-state index is 12.8. The number of likely N-dealkylation sites (tertiary alicyclic amines) is 1. The van der Waals surface area contributed by atoms with Crippen LogP contribution < -0.4 is 10.2 Å². The molecule has 8 nitrogen and oxygen atoms in total. The number of hydrogen-bond acceptors (Lipinski definition) is 5. The topological polar surface area (TPSA) is 92.8 Å². The van der Waals surface area contributed by atoms with E-state index in [1.165, 1.54) is 50.9 Å². The molecule has 2 amide bonds. The van der Waals surface area contributed by atoms with Crippen molar-refractivity contribution in [2.45, 2.75) is 32.2 Å². The molecule has 2 N–H and O–H groups in total. The molecule has 1 fully saturated rings. The minimum atomic E-state index is -0.268. The van der Waals surface area contributed by atoms with Gasteiger partial charge in [-0.1, -0.05) is 0 Å². The molecule has 3 heterocycles. The largest absolute Gasteiger partial charge is 0.467 e. The maximum Gasteiger partial charge on any atom is 0.274 e. The highest BCUT2D eigenvalue weighted by Gasteiger charge is 2.20. The standard InChI is InChI=1S/C20H27N5O3/c26-19(23-9-13-24-10-2-1-3-11-24)6-12-25(16-17-5-4-14-28-17)20(27)18-15-21-7-8-22-18/h4-5,7-8,14-15H,1-3,6,9-13,16H2,(H,23,26)/p+1. The summed E-state index contributed by atoms with van der Waals surface area (Å²) in [5, 5.41) is 2.97. The third-order valence-electron chi connectivity index (χ3n) is 4.97. The first-order valence-electron chi connectivity index (χ1n) is 9.90. The summed E-state index contributed by atoms with van der Waals surface area (Å²) in [5.74, 6) is 0.342. The Morgan fingerprint density at radius 2 is 2.07 bits per heavy atom. The summed E-state index contributed by atoms with van der Waals surface area (Å²) in [6, 6.07) is 3.58. The number of carbonyl (C=O) groups excluding carboxylic acids is 2. The molecule has 0 unspecified atom stereocenters. The first-order chi connectivity index (χ1) is 13.7. The fourth-order valence-electron chi connectivity index (χ4n) is 3.42. The fraction of sp³-hybridized carbons (Fsp3) is 0.500. The van der Waals surface area contributed by atoms with Gasteiger partial charge in [0.05, 0.1) is 45.2 Å². The maximum atomic E-state index is 12.8. The zero-order chi connectivity index (χ0) is 19.6.